The molecule has 3 nitrogen and oxygen atoms in total. The van der Waals surface area contributed by atoms with Crippen molar-refractivity contribution < 1.29 is 5.11 Å². The van der Waals surface area contributed by atoms with E-state index in [0.29, 0.717) is 0 Å². The predicted octanol–water partition coefficient (Wildman–Crippen LogP) is 1.15. The molecule has 1 saturated carbocycles. The van der Waals surface area contributed by atoms with Gasteiger partial charge >= 0.3 is 0 Å². The van der Waals surface area contributed by atoms with E-state index in [2.05, 4.69) is 23.0 Å². The molecule has 1 spiro atoms. The summed E-state index contributed by atoms with van der Waals surface area (Å²) in [5.41, 5.74) is 3.95. The highest BCUT2D eigenvalue weighted by atomic mass is 16.3. The maximum atomic E-state index is 10.0. The number of aromatic amines is 1. The number of likely N-dealkylation sites (N-methyl/N-ethyl adjacent to an activating group) is 1. The standard InChI is InChI=1S/C12H14N2O/c1-14-6-7-5-12(7)8-2-3-13-11(8)9(15)4-10(12)14/h2-4,7,9,13,15H,5-6H2,1H3. The summed E-state index contributed by atoms with van der Waals surface area (Å²) in [7, 11) is 2.13. The minimum Gasteiger partial charge on any atom is -0.383 e. The van der Waals surface area contributed by atoms with Crippen LogP contribution in [0.3, 0.4) is 0 Å². The molecule has 1 saturated heterocycles. The molecule has 0 bridgehead atoms. The number of nitrogens with zero attached hydrogens (tertiary/aromatic N) is 1. The number of piperidine rings is 1. The van der Waals surface area contributed by atoms with Crippen molar-refractivity contribution in [2.24, 2.45) is 5.92 Å². The lowest BCUT2D eigenvalue weighted by Crippen LogP contribution is -2.25. The first-order valence-electron chi connectivity index (χ1n) is 5.53. The normalized spacial score (nSPS) is 40.7. The van der Waals surface area contributed by atoms with Crippen molar-refractivity contribution in [1.29, 1.82) is 0 Å². The zero-order valence-corrected chi connectivity index (χ0v) is 8.70. The fourth-order valence-electron chi connectivity index (χ4n) is 3.63. The number of rotatable bonds is 0. The van der Waals surface area contributed by atoms with Gasteiger partial charge in [-0.05, 0) is 30.0 Å². The Morgan fingerprint density at radius 2 is 2.47 bits per heavy atom. The first kappa shape index (κ1) is 7.99. The van der Waals surface area contributed by atoms with Gasteiger partial charge in [0.15, 0.2) is 0 Å². The summed E-state index contributed by atoms with van der Waals surface area (Å²) in [5, 5.41) is 10.0. The van der Waals surface area contributed by atoms with E-state index in [9.17, 15) is 5.11 Å². The molecular formula is C12H14N2O. The Labute approximate surface area is 88.4 Å². The average molecular weight is 202 g/mol. The molecule has 2 heterocycles. The molecule has 0 aromatic carbocycles. The molecule has 0 radical (unpaired) electrons. The van der Waals surface area contributed by atoms with E-state index in [0.717, 1.165) is 18.2 Å². The summed E-state index contributed by atoms with van der Waals surface area (Å²) in [6, 6.07) is 2.14. The summed E-state index contributed by atoms with van der Waals surface area (Å²) >= 11 is 0. The molecule has 3 unspecified atom stereocenters. The fraction of sp³-hybridized carbons (Fsp3) is 0.500. The Morgan fingerprint density at radius 1 is 1.60 bits per heavy atom. The molecule has 2 N–H and O–H groups in total. The van der Waals surface area contributed by atoms with Crippen LogP contribution < -0.4 is 0 Å². The van der Waals surface area contributed by atoms with Gasteiger partial charge in [-0.2, -0.15) is 0 Å². The molecule has 0 amide bonds. The third-order valence-corrected chi connectivity index (χ3v) is 4.34. The van der Waals surface area contributed by atoms with E-state index in [1.807, 2.05) is 12.3 Å². The quantitative estimate of drug-likeness (QED) is 0.662. The number of aliphatic hydroxyl groups excluding tert-OH is 1. The van der Waals surface area contributed by atoms with Gasteiger partial charge in [-0.3, -0.25) is 0 Å². The molecule has 2 aliphatic carbocycles. The molecule has 1 aromatic rings. The van der Waals surface area contributed by atoms with Crippen LogP contribution in [0, 0.1) is 5.92 Å². The van der Waals surface area contributed by atoms with Crippen LogP contribution in [0.1, 0.15) is 23.8 Å². The maximum absolute atomic E-state index is 10.0. The molecule has 2 fully saturated rings. The minimum absolute atomic E-state index is 0.267. The molecule has 15 heavy (non-hydrogen) atoms. The Hall–Kier alpha value is -1.22. The Balaban J connectivity index is 1.98. The van der Waals surface area contributed by atoms with E-state index < -0.39 is 6.10 Å². The first-order valence-corrected chi connectivity index (χ1v) is 5.53. The molecule has 4 rings (SSSR count). The van der Waals surface area contributed by atoms with Crippen LogP contribution in [0.4, 0.5) is 0 Å². The molecule has 3 heteroatoms. The highest BCUT2D eigenvalue weighted by molar-refractivity contribution is 5.54. The van der Waals surface area contributed by atoms with Crippen LogP contribution >= 0.6 is 0 Å². The zero-order chi connectivity index (χ0) is 10.2. The second kappa shape index (κ2) is 2.14. The van der Waals surface area contributed by atoms with E-state index >= 15 is 0 Å². The number of aromatic nitrogens is 1. The van der Waals surface area contributed by atoms with Crippen molar-refractivity contribution in [2.75, 3.05) is 13.6 Å². The minimum atomic E-state index is -0.447. The SMILES string of the molecule is CN1CC2CC23C1=CC(O)c1[nH]ccc13. The lowest BCUT2D eigenvalue weighted by molar-refractivity contribution is 0.213. The Kier molecular flexibility index (Phi) is 1.14. The topological polar surface area (TPSA) is 39.3 Å². The largest absolute Gasteiger partial charge is 0.383 e. The number of hydrogen-bond acceptors (Lipinski definition) is 2. The molecule has 78 valence electrons. The lowest BCUT2D eigenvalue weighted by Gasteiger charge is -2.28. The van der Waals surface area contributed by atoms with Crippen LogP contribution in [-0.2, 0) is 5.41 Å². The van der Waals surface area contributed by atoms with E-state index in [1.165, 1.54) is 17.7 Å². The predicted molar refractivity (Wildman–Crippen MR) is 56.3 cm³/mol. The van der Waals surface area contributed by atoms with Crippen molar-refractivity contribution in [3.8, 4) is 0 Å². The molecule has 3 aliphatic rings. The summed E-state index contributed by atoms with van der Waals surface area (Å²) in [6.45, 7) is 1.14. The van der Waals surface area contributed by atoms with Crippen LogP contribution in [0.25, 0.3) is 0 Å². The van der Waals surface area contributed by atoms with Crippen molar-refractivity contribution >= 4 is 0 Å². The molecule has 1 aliphatic heterocycles. The van der Waals surface area contributed by atoms with Crippen molar-refractivity contribution in [2.45, 2.75) is 17.9 Å². The summed E-state index contributed by atoms with van der Waals surface area (Å²) in [4.78, 5) is 5.47. The molecule has 1 aromatic heterocycles. The van der Waals surface area contributed by atoms with Gasteiger partial charge in [0.25, 0.3) is 0 Å². The van der Waals surface area contributed by atoms with Crippen LogP contribution in [-0.4, -0.2) is 28.6 Å². The number of likely N-dealkylation sites (tertiary alicyclic amines) is 1. The smallest absolute Gasteiger partial charge is 0.114 e. The Bertz CT molecular complexity index is 476. The number of nitrogens with one attached hydrogen (secondary N) is 1. The third kappa shape index (κ3) is 0.709. The number of fused-ring (bicyclic) bond motifs is 1. The second-order valence-corrected chi connectivity index (χ2v) is 5.05. The van der Waals surface area contributed by atoms with E-state index in [-0.39, 0.29) is 5.41 Å². The summed E-state index contributed by atoms with van der Waals surface area (Å²) in [5.74, 6) is 0.774. The van der Waals surface area contributed by atoms with Gasteiger partial charge in [-0.1, -0.05) is 0 Å². The van der Waals surface area contributed by atoms with Gasteiger partial charge in [0.2, 0.25) is 0 Å². The van der Waals surface area contributed by atoms with E-state index in [1.54, 1.807) is 0 Å². The van der Waals surface area contributed by atoms with Gasteiger partial charge in [-0.25, -0.2) is 0 Å². The Morgan fingerprint density at radius 3 is 3.33 bits per heavy atom. The lowest BCUT2D eigenvalue weighted by atomic mass is 9.85. The van der Waals surface area contributed by atoms with Crippen LogP contribution in [0.15, 0.2) is 24.0 Å². The number of H-pyrrole nitrogens is 1. The zero-order valence-electron chi connectivity index (χ0n) is 8.70. The third-order valence-electron chi connectivity index (χ3n) is 4.34. The summed E-state index contributed by atoms with van der Waals surface area (Å²) < 4.78 is 0. The van der Waals surface area contributed by atoms with Crippen molar-refractivity contribution in [3.05, 3.63) is 35.3 Å². The number of aliphatic hydroxyl groups is 1. The fourth-order valence-corrected chi connectivity index (χ4v) is 3.63. The molecule has 3 atom stereocenters. The highest BCUT2D eigenvalue weighted by Crippen LogP contribution is 2.66. The number of allylic oxidation sites excluding steroid dienone is 1. The molecular weight excluding hydrogens is 188 g/mol. The van der Waals surface area contributed by atoms with Gasteiger partial charge in [0.05, 0.1) is 5.69 Å². The highest BCUT2D eigenvalue weighted by Gasteiger charge is 2.65. The van der Waals surface area contributed by atoms with Gasteiger partial charge in [0.1, 0.15) is 6.10 Å². The maximum Gasteiger partial charge on any atom is 0.114 e. The summed E-state index contributed by atoms with van der Waals surface area (Å²) in [6.07, 6.45) is 4.79. The van der Waals surface area contributed by atoms with E-state index in [4.69, 9.17) is 0 Å². The van der Waals surface area contributed by atoms with Gasteiger partial charge in [-0.15, -0.1) is 0 Å². The van der Waals surface area contributed by atoms with Crippen molar-refractivity contribution in [1.82, 2.24) is 9.88 Å². The van der Waals surface area contributed by atoms with Gasteiger partial charge in [0, 0.05) is 30.9 Å². The first-order chi connectivity index (χ1) is 7.23. The van der Waals surface area contributed by atoms with Crippen molar-refractivity contribution in [3.63, 3.8) is 0 Å². The van der Waals surface area contributed by atoms with Gasteiger partial charge < -0.3 is 15.0 Å². The number of hydrogen-bond donors (Lipinski definition) is 2. The van der Waals surface area contributed by atoms with Crippen LogP contribution in [0.2, 0.25) is 0 Å². The van der Waals surface area contributed by atoms with Crippen LogP contribution in [0.5, 0.6) is 0 Å². The average Bonchev–Trinajstić information content (AvgIpc) is 2.63. The monoisotopic (exact) mass is 202 g/mol. The second-order valence-electron chi connectivity index (χ2n) is 5.05.